The molecular formula is C11H18Cl3N3. The van der Waals surface area contributed by atoms with Crippen molar-refractivity contribution in [2.45, 2.75) is 25.4 Å². The minimum absolute atomic E-state index is 0. The smallest absolute Gasteiger partial charge is 0.0634 e. The quantitative estimate of drug-likeness (QED) is 0.912. The molecule has 0 radical (unpaired) electrons. The molecule has 2 heterocycles. The number of nitrogens with two attached hydrogens (primary N) is 1. The molecule has 1 aromatic rings. The second-order valence-corrected chi connectivity index (χ2v) is 4.51. The van der Waals surface area contributed by atoms with Crippen LogP contribution in [0.3, 0.4) is 0 Å². The van der Waals surface area contributed by atoms with Gasteiger partial charge >= 0.3 is 0 Å². The van der Waals surface area contributed by atoms with Gasteiger partial charge in [0.25, 0.3) is 0 Å². The molecule has 1 aliphatic heterocycles. The average Bonchev–Trinajstić information content (AvgIpc) is 2.22. The fraction of sp³-hybridized carbons (Fsp3) is 0.545. The predicted octanol–water partition coefficient (Wildman–Crippen LogP) is 2.50. The van der Waals surface area contributed by atoms with Crippen LogP contribution in [-0.2, 0) is 6.54 Å². The minimum atomic E-state index is 0. The van der Waals surface area contributed by atoms with Crippen LogP contribution in [0.25, 0.3) is 0 Å². The van der Waals surface area contributed by atoms with Crippen LogP contribution in [-0.4, -0.2) is 29.0 Å². The van der Waals surface area contributed by atoms with E-state index in [2.05, 4.69) is 9.88 Å². The van der Waals surface area contributed by atoms with Crippen molar-refractivity contribution in [3.63, 3.8) is 0 Å². The fourth-order valence-corrected chi connectivity index (χ4v) is 2.19. The number of halogens is 3. The number of pyridine rings is 1. The molecule has 0 saturated carbocycles. The largest absolute Gasteiger partial charge is 0.327 e. The van der Waals surface area contributed by atoms with Gasteiger partial charge in [0, 0.05) is 31.5 Å². The Balaban J connectivity index is 0.00000128. The summed E-state index contributed by atoms with van der Waals surface area (Å²) in [6.07, 6.45) is 5.80. The third kappa shape index (κ3) is 4.98. The Bertz CT molecular complexity index is 335. The molecule has 0 spiro atoms. The summed E-state index contributed by atoms with van der Waals surface area (Å²) < 4.78 is 0. The zero-order valence-corrected chi connectivity index (χ0v) is 11.9. The molecule has 0 aliphatic carbocycles. The lowest BCUT2D eigenvalue weighted by Crippen LogP contribution is -2.42. The van der Waals surface area contributed by atoms with Crippen molar-refractivity contribution in [2.24, 2.45) is 5.73 Å². The van der Waals surface area contributed by atoms with Crippen molar-refractivity contribution in [1.29, 1.82) is 0 Å². The molecule has 1 aromatic heterocycles. The molecule has 17 heavy (non-hydrogen) atoms. The number of hydrogen-bond donors (Lipinski definition) is 1. The topological polar surface area (TPSA) is 42.1 Å². The molecule has 2 N–H and O–H groups in total. The molecule has 98 valence electrons. The second kappa shape index (κ2) is 8.11. The highest BCUT2D eigenvalue weighted by atomic mass is 35.5. The van der Waals surface area contributed by atoms with Gasteiger partial charge in [-0.3, -0.25) is 9.88 Å². The lowest BCUT2D eigenvalue weighted by molar-refractivity contribution is 0.201. The fourth-order valence-electron chi connectivity index (χ4n) is 2.01. The van der Waals surface area contributed by atoms with Gasteiger partial charge in [0.15, 0.2) is 0 Å². The number of piperidine rings is 1. The van der Waals surface area contributed by atoms with Gasteiger partial charge in [-0.05, 0) is 31.0 Å². The van der Waals surface area contributed by atoms with Crippen molar-refractivity contribution >= 4 is 36.4 Å². The maximum Gasteiger partial charge on any atom is 0.0634 e. The molecule has 0 bridgehead atoms. The Morgan fingerprint density at radius 3 is 2.88 bits per heavy atom. The predicted molar refractivity (Wildman–Crippen MR) is 76.2 cm³/mol. The molecule has 1 saturated heterocycles. The number of hydrogen-bond acceptors (Lipinski definition) is 3. The number of aromatic nitrogens is 1. The van der Waals surface area contributed by atoms with Crippen LogP contribution in [0.15, 0.2) is 18.5 Å². The highest BCUT2D eigenvalue weighted by molar-refractivity contribution is 6.31. The maximum absolute atomic E-state index is 6.06. The van der Waals surface area contributed by atoms with Crippen molar-refractivity contribution in [2.75, 3.05) is 13.1 Å². The van der Waals surface area contributed by atoms with Gasteiger partial charge < -0.3 is 5.73 Å². The van der Waals surface area contributed by atoms with Crippen LogP contribution >= 0.6 is 36.4 Å². The zero-order valence-electron chi connectivity index (χ0n) is 9.51. The van der Waals surface area contributed by atoms with Crippen LogP contribution in [0, 0.1) is 0 Å². The Morgan fingerprint density at radius 2 is 2.24 bits per heavy atom. The van der Waals surface area contributed by atoms with E-state index in [-0.39, 0.29) is 24.8 Å². The van der Waals surface area contributed by atoms with E-state index in [1.807, 2.05) is 6.07 Å². The zero-order chi connectivity index (χ0) is 10.7. The molecule has 0 unspecified atom stereocenters. The summed E-state index contributed by atoms with van der Waals surface area (Å²) in [5.41, 5.74) is 7.07. The van der Waals surface area contributed by atoms with Crippen LogP contribution in [0.5, 0.6) is 0 Å². The molecule has 1 aliphatic rings. The van der Waals surface area contributed by atoms with E-state index in [1.165, 1.54) is 6.42 Å². The SMILES string of the molecule is Cl.Cl.N[C@@H]1CCCN(Cc2ccncc2Cl)C1. The van der Waals surface area contributed by atoms with Gasteiger partial charge in [-0.1, -0.05) is 11.6 Å². The summed E-state index contributed by atoms with van der Waals surface area (Å²) in [4.78, 5) is 6.33. The lowest BCUT2D eigenvalue weighted by Gasteiger charge is -2.30. The molecule has 2 rings (SSSR count). The summed E-state index contributed by atoms with van der Waals surface area (Å²) in [5.74, 6) is 0. The standard InChI is InChI=1S/C11H16ClN3.2ClH/c12-11-6-14-4-3-9(11)7-15-5-1-2-10(13)8-15;;/h3-4,6,10H,1-2,5,7-8,13H2;2*1H/t10-;;/m1../s1. The van der Waals surface area contributed by atoms with Gasteiger partial charge in [-0.15, -0.1) is 24.8 Å². The molecule has 1 atom stereocenters. The Hall–Kier alpha value is -0.0600. The summed E-state index contributed by atoms with van der Waals surface area (Å²) >= 11 is 6.06. The summed E-state index contributed by atoms with van der Waals surface area (Å²) in [7, 11) is 0. The van der Waals surface area contributed by atoms with Crippen LogP contribution in [0.2, 0.25) is 5.02 Å². The molecular weight excluding hydrogens is 281 g/mol. The first-order chi connectivity index (χ1) is 7.25. The minimum Gasteiger partial charge on any atom is -0.327 e. The second-order valence-electron chi connectivity index (χ2n) is 4.10. The van der Waals surface area contributed by atoms with Gasteiger partial charge in [0.1, 0.15) is 0 Å². The van der Waals surface area contributed by atoms with E-state index < -0.39 is 0 Å². The highest BCUT2D eigenvalue weighted by Crippen LogP contribution is 2.18. The van der Waals surface area contributed by atoms with Gasteiger partial charge in [0.2, 0.25) is 0 Å². The Morgan fingerprint density at radius 1 is 1.47 bits per heavy atom. The van der Waals surface area contributed by atoms with Crippen molar-refractivity contribution in [3.05, 3.63) is 29.0 Å². The maximum atomic E-state index is 6.06. The van der Waals surface area contributed by atoms with E-state index >= 15 is 0 Å². The number of rotatable bonds is 2. The first-order valence-electron chi connectivity index (χ1n) is 5.32. The van der Waals surface area contributed by atoms with E-state index in [0.717, 1.165) is 36.6 Å². The number of likely N-dealkylation sites (tertiary alicyclic amines) is 1. The monoisotopic (exact) mass is 297 g/mol. The third-order valence-electron chi connectivity index (χ3n) is 2.79. The molecule has 3 nitrogen and oxygen atoms in total. The molecule has 0 aromatic carbocycles. The summed E-state index contributed by atoms with van der Waals surface area (Å²) in [6, 6.07) is 2.29. The first-order valence-corrected chi connectivity index (χ1v) is 5.70. The van der Waals surface area contributed by atoms with E-state index in [1.54, 1.807) is 12.4 Å². The van der Waals surface area contributed by atoms with E-state index in [0.29, 0.717) is 6.04 Å². The van der Waals surface area contributed by atoms with E-state index in [4.69, 9.17) is 17.3 Å². The van der Waals surface area contributed by atoms with Crippen molar-refractivity contribution in [3.8, 4) is 0 Å². The third-order valence-corrected chi connectivity index (χ3v) is 3.13. The Kier molecular flexibility index (Phi) is 8.09. The summed E-state index contributed by atoms with van der Waals surface area (Å²) in [5, 5.41) is 0.747. The van der Waals surface area contributed by atoms with Crippen LogP contribution < -0.4 is 5.73 Å². The van der Waals surface area contributed by atoms with Gasteiger partial charge in [-0.2, -0.15) is 0 Å². The first kappa shape index (κ1) is 16.9. The van der Waals surface area contributed by atoms with Crippen molar-refractivity contribution < 1.29 is 0 Å². The van der Waals surface area contributed by atoms with Crippen molar-refractivity contribution in [1.82, 2.24) is 9.88 Å². The van der Waals surface area contributed by atoms with Gasteiger partial charge in [-0.25, -0.2) is 0 Å². The summed E-state index contributed by atoms with van der Waals surface area (Å²) in [6.45, 7) is 2.97. The molecule has 0 amide bonds. The van der Waals surface area contributed by atoms with Crippen LogP contribution in [0.1, 0.15) is 18.4 Å². The normalized spacial score (nSPS) is 20.2. The van der Waals surface area contributed by atoms with E-state index in [9.17, 15) is 0 Å². The Labute approximate surface area is 120 Å². The molecule has 6 heteroatoms. The number of nitrogens with zero attached hydrogens (tertiary/aromatic N) is 2. The highest BCUT2D eigenvalue weighted by Gasteiger charge is 2.17. The van der Waals surface area contributed by atoms with Crippen LogP contribution in [0.4, 0.5) is 0 Å². The van der Waals surface area contributed by atoms with Gasteiger partial charge in [0.05, 0.1) is 5.02 Å². The lowest BCUT2D eigenvalue weighted by atomic mass is 10.1. The average molecular weight is 299 g/mol. The molecule has 1 fully saturated rings.